The lowest BCUT2D eigenvalue weighted by Gasteiger charge is -2.01. The van der Waals surface area contributed by atoms with Crippen molar-refractivity contribution in [1.29, 1.82) is 0 Å². The van der Waals surface area contributed by atoms with E-state index >= 15 is 0 Å². The van der Waals surface area contributed by atoms with Crippen LogP contribution in [0.2, 0.25) is 13.7 Å². The van der Waals surface area contributed by atoms with Gasteiger partial charge in [0.25, 0.3) is 0 Å². The van der Waals surface area contributed by atoms with Crippen LogP contribution in [0.3, 0.4) is 0 Å². The highest BCUT2D eigenvalue weighted by Gasteiger charge is 2.17. The Kier molecular flexibility index (Phi) is 5.03. The van der Waals surface area contributed by atoms with Gasteiger partial charge in [-0.25, -0.2) is 0 Å². The summed E-state index contributed by atoms with van der Waals surface area (Å²) in [5.74, 6) is -0.421. The van der Waals surface area contributed by atoms with Crippen LogP contribution in [0.15, 0.2) is 35.2 Å². The van der Waals surface area contributed by atoms with Crippen LogP contribution in [0.5, 0.6) is 0 Å². The minimum atomic E-state index is -1.43. The summed E-state index contributed by atoms with van der Waals surface area (Å²) < 4.78 is 12.8. The SMILES string of the molecule is O=C(CS(=O)c1ccc(Cl)cc1)c1cc(Cl)sc1Cl. The molecule has 0 N–H and O–H groups in total. The monoisotopic (exact) mass is 352 g/mol. The van der Waals surface area contributed by atoms with Gasteiger partial charge < -0.3 is 0 Å². The number of carbonyl (C=O) groups excluding carboxylic acids is 1. The van der Waals surface area contributed by atoms with E-state index in [2.05, 4.69) is 0 Å². The van der Waals surface area contributed by atoms with Crippen molar-refractivity contribution in [1.82, 2.24) is 0 Å². The van der Waals surface area contributed by atoms with Crippen molar-refractivity contribution in [3.05, 3.63) is 49.6 Å². The molecule has 1 unspecified atom stereocenters. The molecule has 0 saturated carbocycles. The number of benzene rings is 1. The predicted molar refractivity (Wildman–Crippen MR) is 81.4 cm³/mol. The summed E-state index contributed by atoms with van der Waals surface area (Å²) in [6.45, 7) is 0. The Balaban J connectivity index is 2.13. The van der Waals surface area contributed by atoms with Crippen molar-refractivity contribution in [3.8, 4) is 0 Å². The molecule has 0 saturated heterocycles. The fourth-order valence-electron chi connectivity index (χ4n) is 1.40. The Labute approximate surface area is 131 Å². The molecule has 19 heavy (non-hydrogen) atoms. The summed E-state index contributed by atoms with van der Waals surface area (Å²) in [5.41, 5.74) is 0.319. The van der Waals surface area contributed by atoms with Gasteiger partial charge in [0.1, 0.15) is 4.34 Å². The average Bonchev–Trinajstić information content (AvgIpc) is 2.69. The number of hydrogen-bond acceptors (Lipinski definition) is 3. The number of Topliss-reactive ketones (excluding diaryl/α,β-unsaturated/α-hetero) is 1. The molecule has 1 atom stereocenters. The summed E-state index contributed by atoms with van der Waals surface area (Å²) in [4.78, 5) is 12.5. The normalized spacial score (nSPS) is 12.4. The summed E-state index contributed by atoms with van der Waals surface area (Å²) in [7, 11) is -1.43. The van der Waals surface area contributed by atoms with Gasteiger partial charge in [0.15, 0.2) is 5.78 Å². The van der Waals surface area contributed by atoms with E-state index in [-0.39, 0.29) is 11.5 Å². The third kappa shape index (κ3) is 3.80. The van der Waals surface area contributed by atoms with E-state index in [1.54, 1.807) is 24.3 Å². The summed E-state index contributed by atoms with van der Waals surface area (Å²) >= 11 is 18.5. The van der Waals surface area contributed by atoms with Crippen LogP contribution in [0, 0.1) is 0 Å². The zero-order valence-corrected chi connectivity index (χ0v) is 13.3. The maximum absolute atomic E-state index is 12.0. The van der Waals surface area contributed by atoms with Gasteiger partial charge in [0, 0.05) is 15.5 Å². The van der Waals surface area contributed by atoms with Crippen molar-refractivity contribution < 1.29 is 9.00 Å². The van der Waals surface area contributed by atoms with Crippen LogP contribution >= 0.6 is 46.1 Å². The minimum Gasteiger partial charge on any atom is -0.293 e. The van der Waals surface area contributed by atoms with Crippen molar-refractivity contribution in [3.63, 3.8) is 0 Å². The molecule has 100 valence electrons. The van der Waals surface area contributed by atoms with Crippen molar-refractivity contribution >= 4 is 62.7 Å². The molecule has 2 rings (SSSR count). The molecule has 0 aliphatic rings. The third-order valence-electron chi connectivity index (χ3n) is 2.30. The van der Waals surface area contributed by atoms with Gasteiger partial charge in [-0.3, -0.25) is 9.00 Å². The van der Waals surface area contributed by atoms with Crippen LogP contribution < -0.4 is 0 Å². The van der Waals surface area contributed by atoms with Crippen LogP contribution in [0.1, 0.15) is 10.4 Å². The molecule has 1 heterocycles. The molecule has 0 radical (unpaired) electrons. The van der Waals surface area contributed by atoms with Gasteiger partial charge in [0.2, 0.25) is 0 Å². The van der Waals surface area contributed by atoms with Gasteiger partial charge in [-0.1, -0.05) is 34.8 Å². The van der Waals surface area contributed by atoms with Gasteiger partial charge >= 0.3 is 0 Å². The number of carbonyl (C=O) groups is 1. The van der Waals surface area contributed by atoms with Gasteiger partial charge in [0.05, 0.1) is 20.9 Å². The average molecular weight is 354 g/mol. The first-order valence-corrected chi connectivity index (χ1v) is 8.36. The van der Waals surface area contributed by atoms with Crippen LogP contribution in [0.25, 0.3) is 0 Å². The molecule has 1 aromatic heterocycles. The maximum atomic E-state index is 12.0. The zero-order valence-electron chi connectivity index (χ0n) is 9.36. The Morgan fingerprint density at radius 2 is 1.79 bits per heavy atom. The molecule has 0 aliphatic carbocycles. The largest absolute Gasteiger partial charge is 0.293 e. The quantitative estimate of drug-likeness (QED) is 0.747. The maximum Gasteiger partial charge on any atom is 0.178 e. The van der Waals surface area contributed by atoms with Crippen LogP contribution in [-0.4, -0.2) is 15.7 Å². The third-order valence-corrected chi connectivity index (χ3v) is 5.36. The number of hydrogen-bond donors (Lipinski definition) is 0. The first-order valence-electron chi connectivity index (χ1n) is 5.09. The Morgan fingerprint density at radius 3 is 2.32 bits per heavy atom. The summed E-state index contributed by atoms with van der Waals surface area (Å²) in [6.07, 6.45) is 0. The van der Waals surface area contributed by atoms with E-state index in [0.29, 0.717) is 24.2 Å². The highest BCUT2D eigenvalue weighted by atomic mass is 35.5. The number of halogens is 3. The van der Waals surface area contributed by atoms with E-state index in [0.717, 1.165) is 11.3 Å². The summed E-state index contributed by atoms with van der Waals surface area (Å²) in [5, 5.41) is 0.555. The first-order chi connectivity index (χ1) is 8.97. The highest BCUT2D eigenvalue weighted by molar-refractivity contribution is 7.85. The molecule has 2 nitrogen and oxygen atoms in total. The molecule has 1 aromatic carbocycles. The lowest BCUT2D eigenvalue weighted by Crippen LogP contribution is -2.10. The molecule has 2 aromatic rings. The smallest absolute Gasteiger partial charge is 0.178 e. The molecular formula is C12H7Cl3O2S2. The number of rotatable bonds is 4. The standard InChI is InChI=1S/C12H7Cl3O2S2/c13-7-1-3-8(4-2-7)19(17)6-10(16)9-5-11(14)18-12(9)15/h1-5H,6H2. The van der Waals surface area contributed by atoms with E-state index in [9.17, 15) is 9.00 Å². The van der Waals surface area contributed by atoms with Gasteiger partial charge in [-0.05, 0) is 30.3 Å². The fraction of sp³-hybridized carbons (Fsp3) is 0.0833. The van der Waals surface area contributed by atoms with Gasteiger partial charge in [-0.15, -0.1) is 11.3 Å². The van der Waals surface area contributed by atoms with Crippen molar-refractivity contribution in [2.75, 3.05) is 5.75 Å². The molecular weight excluding hydrogens is 347 g/mol. The Morgan fingerprint density at radius 1 is 1.16 bits per heavy atom. The summed E-state index contributed by atoms with van der Waals surface area (Å²) in [6, 6.07) is 8.03. The lowest BCUT2D eigenvalue weighted by atomic mass is 10.2. The first kappa shape index (κ1) is 15.0. The van der Waals surface area contributed by atoms with Gasteiger partial charge in [-0.2, -0.15) is 0 Å². The minimum absolute atomic E-state index is 0.131. The van der Waals surface area contributed by atoms with Crippen molar-refractivity contribution in [2.24, 2.45) is 0 Å². The van der Waals surface area contributed by atoms with Crippen molar-refractivity contribution in [2.45, 2.75) is 4.90 Å². The fourth-order valence-corrected chi connectivity index (χ4v) is 4.02. The Hall–Kier alpha value is -0.390. The predicted octanol–water partition coefficient (Wildman–Crippen LogP) is 4.70. The molecule has 0 spiro atoms. The molecule has 7 heteroatoms. The second-order valence-electron chi connectivity index (χ2n) is 3.60. The molecule has 0 bridgehead atoms. The topological polar surface area (TPSA) is 34.1 Å². The number of ketones is 1. The lowest BCUT2D eigenvalue weighted by molar-refractivity contribution is 0.102. The van der Waals surface area contributed by atoms with E-state index in [1.165, 1.54) is 6.07 Å². The van der Waals surface area contributed by atoms with E-state index in [4.69, 9.17) is 34.8 Å². The van der Waals surface area contributed by atoms with Crippen LogP contribution in [-0.2, 0) is 10.8 Å². The molecule has 0 amide bonds. The molecule has 0 aliphatic heterocycles. The number of thiophene rings is 1. The Bertz CT molecular complexity index is 635. The highest BCUT2D eigenvalue weighted by Crippen LogP contribution is 2.31. The van der Waals surface area contributed by atoms with E-state index in [1.807, 2.05) is 0 Å². The second kappa shape index (κ2) is 6.37. The molecule has 0 fully saturated rings. The second-order valence-corrected chi connectivity index (χ2v) is 7.78. The zero-order chi connectivity index (χ0) is 14.0. The van der Waals surface area contributed by atoms with E-state index < -0.39 is 10.8 Å². The van der Waals surface area contributed by atoms with Crippen LogP contribution in [0.4, 0.5) is 0 Å².